The van der Waals surface area contributed by atoms with E-state index in [1.54, 1.807) is 0 Å². The molecule has 2 aromatic rings. The van der Waals surface area contributed by atoms with Crippen LogP contribution < -0.4 is 4.90 Å². The van der Waals surface area contributed by atoms with Gasteiger partial charge in [-0.1, -0.05) is 19.3 Å². The van der Waals surface area contributed by atoms with Crippen molar-refractivity contribution >= 4 is 22.8 Å². The van der Waals surface area contributed by atoms with Crippen molar-refractivity contribution in [2.45, 2.75) is 89.6 Å². The lowest BCUT2D eigenvalue weighted by molar-refractivity contribution is 0.0637. The fraction of sp³-hybridized carbons (Fsp3) is 0.692. The fourth-order valence-electron chi connectivity index (χ4n) is 6.11. The van der Waals surface area contributed by atoms with Crippen LogP contribution in [0.4, 0.5) is 10.5 Å². The van der Waals surface area contributed by atoms with Crippen LogP contribution in [0, 0.1) is 5.92 Å². The molecule has 32 heavy (non-hydrogen) atoms. The number of benzene rings is 1. The molecule has 5 rings (SSSR count). The van der Waals surface area contributed by atoms with Crippen LogP contribution in [0.1, 0.15) is 82.1 Å². The Morgan fingerprint density at radius 3 is 2.66 bits per heavy atom. The van der Waals surface area contributed by atoms with Gasteiger partial charge in [0.05, 0.1) is 23.8 Å². The number of carbonyl (C=O) groups is 1. The van der Waals surface area contributed by atoms with E-state index >= 15 is 0 Å². The summed E-state index contributed by atoms with van der Waals surface area (Å²) in [6.45, 7) is 3.90. The van der Waals surface area contributed by atoms with E-state index in [4.69, 9.17) is 14.5 Å². The van der Waals surface area contributed by atoms with Gasteiger partial charge in [-0.2, -0.15) is 0 Å². The molecule has 2 fully saturated rings. The lowest BCUT2D eigenvalue weighted by atomic mass is 9.93. The summed E-state index contributed by atoms with van der Waals surface area (Å²) in [5.41, 5.74) is 4.56. The second-order valence-corrected chi connectivity index (χ2v) is 9.94. The lowest BCUT2D eigenvalue weighted by Crippen LogP contribution is -2.42. The standard InChI is InChI=1S/C26H37N3O3/c1-18-8-10-21-22(28(18)26(30)31-2)11-12-23-25(21)27-24(13-9-19-14-16-32-17-15-19)29(23)20-6-4-3-5-7-20/h11-12,18-20H,3-10,13-17H2,1-2H3/t18-/m0/s1. The predicted molar refractivity (Wildman–Crippen MR) is 126 cm³/mol. The molecule has 3 aliphatic rings. The molecule has 6 heteroatoms. The van der Waals surface area contributed by atoms with Crippen molar-refractivity contribution in [3.63, 3.8) is 0 Å². The SMILES string of the molecule is COC(=O)N1c2ccc3c(nc(CCC4CCOCC4)n3C3CCCCC3)c2CC[C@@H]1C. The molecule has 3 heterocycles. The van der Waals surface area contributed by atoms with Crippen LogP contribution in [0.5, 0.6) is 0 Å². The minimum Gasteiger partial charge on any atom is -0.452 e. The average molecular weight is 440 g/mol. The van der Waals surface area contributed by atoms with Gasteiger partial charge in [0.15, 0.2) is 0 Å². The van der Waals surface area contributed by atoms with E-state index in [1.807, 2.05) is 4.90 Å². The first-order chi connectivity index (χ1) is 15.7. The van der Waals surface area contributed by atoms with Crippen LogP contribution in [0.15, 0.2) is 12.1 Å². The average Bonchev–Trinajstić information content (AvgIpc) is 3.22. The maximum Gasteiger partial charge on any atom is 0.414 e. The van der Waals surface area contributed by atoms with Gasteiger partial charge >= 0.3 is 6.09 Å². The Bertz CT molecular complexity index is 957. The Morgan fingerprint density at radius 1 is 1.12 bits per heavy atom. The lowest BCUT2D eigenvalue weighted by Gasteiger charge is -2.34. The van der Waals surface area contributed by atoms with E-state index in [9.17, 15) is 4.79 Å². The zero-order chi connectivity index (χ0) is 22.1. The number of methoxy groups -OCH3 is 1. The van der Waals surface area contributed by atoms with Crippen LogP contribution >= 0.6 is 0 Å². The monoisotopic (exact) mass is 439 g/mol. The molecule has 0 N–H and O–H groups in total. The molecular formula is C26H37N3O3. The van der Waals surface area contributed by atoms with Gasteiger partial charge in [0.2, 0.25) is 0 Å². The molecule has 1 atom stereocenters. The summed E-state index contributed by atoms with van der Waals surface area (Å²) >= 11 is 0. The minimum atomic E-state index is -0.274. The molecule has 1 saturated heterocycles. The smallest absolute Gasteiger partial charge is 0.414 e. The van der Waals surface area contributed by atoms with Gasteiger partial charge in [-0.15, -0.1) is 0 Å². The Balaban J connectivity index is 1.54. The number of hydrogen-bond donors (Lipinski definition) is 0. The highest BCUT2D eigenvalue weighted by Crippen LogP contribution is 2.39. The number of carbonyl (C=O) groups excluding carboxylic acids is 1. The molecule has 0 spiro atoms. The fourth-order valence-corrected chi connectivity index (χ4v) is 6.11. The molecule has 1 amide bonds. The highest BCUT2D eigenvalue weighted by Gasteiger charge is 2.32. The summed E-state index contributed by atoms with van der Waals surface area (Å²) in [4.78, 5) is 19.6. The van der Waals surface area contributed by atoms with E-state index < -0.39 is 0 Å². The third-order valence-electron chi connectivity index (χ3n) is 7.96. The third kappa shape index (κ3) is 4.02. The van der Waals surface area contributed by atoms with Crippen molar-refractivity contribution in [1.29, 1.82) is 0 Å². The molecule has 1 aromatic carbocycles. The van der Waals surface area contributed by atoms with Crippen molar-refractivity contribution in [2.24, 2.45) is 5.92 Å². The van der Waals surface area contributed by atoms with E-state index in [1.165, 1.54) is 75.4 Å². The van der Waals surface area contributed by atoms with Gasteiger partial charge in [0.1, 0.15) is 5.82 Å². The van der Waals surface area contributed by atoms with Crippen molar-refractivity contribution in [1.82, 2.24) is 9.55 Å². The Hall–Kier alpha value is -2.08. The van der Waals surface area contributed by atoms with E-state index in [0.29, 0.717) is 6.04 Å². The largest absolute Gasteiger partial charge is 0.452 e. The summed E-state index contributed by atoms with van der Waals surface area (Å²) in [6, 6.07) is 5.03. The number of amides is 1. The van der Waals surface area contributed by atoms with Gasteiger partial charge < -0.3 is 14.0 Å². The number of anilines is 1. The second kappa shape index (κ2) is 9.42. The van der Waals surface area contributed by atoms with E-state index in [0.717, 1.165) is 49.6 Å². The number of ether oxygens (including phenoxy) is 2. The highest BCUT2D eigenvalue weighted by atomic mass is 16.5. The Kier molecular flexibility index (Phi) is 6.40. The van der Waals surface area contributed by atoms with Gasteiger partial charge in [0, 0.05) is 37.3 Å². The van der Waals surface area contributed by atoms with Crippen LogP contribution in [-0.4, -0.2) is 42.0 Å². The van der Waals surface area contributed by atoms with Crippen molar-refractivity contribution < 1.29 is 14.3 Å². The Labute approximate surface area is 191 Å². The number of hydrogen-bond acceptors (Lipinski definition) is 4. The highest BCUT2D eigenvalue weighted by molar-refractivity contribution is 5.95. The zero-order valence-electron chi connectivity index (χ0n) is 19.6. The van der Waals surface area contributed by atoms with Gasteiger partial charge in [-0.05, 0) is 69.9 Å². The zero-order valence-corrected chi connectivity index (χ0v) is 19.6. The van der Waals surface area contributed by atoms with E-state index in [2.05, 4.69) is 23.6 Å². The molecule has 0 unspecified atom stereocenters. The van der Waals surface area contributed by atoms with Crippen molar-refractivity contribution in [3.05, 3.63) is 23.5 Å². The molecule has 0 radical (unpaired) electrons. The molecule has 6 nitrogen and oxygen atoms in total. The van der Waals surface area contributed by atoms with Crippen LogP contribution in [0.25, 0.3) is 11.0 Å². The normalized spacial score (nSPS) is 22.8. The molecular weight excluding hydrogens is 402 g/mol. The summed E-state index contributed by atoms with van der Waals surface area (Å²) in [7, 11) is 1.47. The van der Waals surface area contributed by atoms with Crippen LogP contribution in [-0.2, 0) is 22.3 Å². The summed E-state index contributed by atoms with van der Waals surface area (Å²) in [6.07, 6.45) is 12.6. The second-order valence-electron chi connectivity index (χ2n) is 9.94. The molecule has 1 aromatic heterocycles. The predicted octanol–water partition coefficient (Wildman–Crippen LogP) is 5.81. The maximum atomic E-state index is 12.5. The molecule has 1 saturated carbocycles. The number of nitrogens with zero attached hydrogens (tertiary/aromatic N) is 3. The van der Waals surface area contributed by atoms with Crippen LogP contribution in [0.2, 0.25) is 0 Å². The number of aryl methyl sites for hydroxylation is 2. The van der Waals surface area contributed by atoms with E-state index in [-0.39, 0.29) is 12.1 Å². The van der Waals surface area contributed by atoms with Crippen molar-refractivity contribution in [3.8, 4) is 0 Å². The molecule has 174 valence electrons. The number of aromatic nitrogens is 2. The third-order valence-corrected chi connectivity index (χ3v) is 7.96. The van der Waals surface area contributed by atoms with Gasteiger partial charge in [-0.3, -0.25) is 4.90 Å². The summed E-state index contributed by atoms with van der Waals surface area (Å²) < 4.78 is 13.3. The van der Waals surface area contributed by atoms with Gasteiger partial charge in [0.25, 0.3) is 0 Å². The summed E-state index contributed by atoms with van der Waals surface area (Å²) in [5, 5.41) is 0. The summed E-state index contributed by atoms with van der Waals surface area (Å²) in [5.74, 6) is 1.99. The first kappa shape index (κ1) is 21.7. The van der Waals surface area contributed by atoms with Crippen molar-refractivity contribution in [2.75, 3.05) is 25.2 Å². The molecule has 0 bridgehead atoms. The number of fused-ring (bicyclic) bond motifs is 3. The molecule has 2 aliphatic heterocycles. The first-order valence-electron chi connectivity index (χ1n) is 12.6. The number of rotatable bonds is 4. The van der Waals surface area contributed by atoms with Gasteiger partial charge in [-0.25, -0.2) is 9.78 Å². The minimum absolute atomic E-state index is 0.140. The molecule has 1 aliphatic carbocycles. The topological polar surface area (TPSA) is 56.6 Å². The maximum absolute atomic E-state index is 12.5. The first-order valence-corrected chi connectivity index (χ1v) is 12.6. The quantitative estimate of drug-likeness (QED) is 0.603. The number of imidazole rings is 1. The Morgan fingerprint density at radius 2 is 1.91 bits per heavy atom. The van der Waals surface area contributed by atoms with Crippen LogP contribution in [0.3, 0.4) is 0 Å².